The van der Waals surface area contributed by atoms with E-state index in [2.05, 4.69) is 41.6 Å². The number of pyridine rings is 1. The van der Waals surface area contributed by atoms with Crippen LogP contribution >= 0.6 is 31.9 Å². The lowest BCUT2D eigenvalue weighted by atomic mass is 9.98. The van der Waals surface area contributed by atoms with Gasteiger partial charge < -0.3 is 0 Å². The Bertz CT molecular complexity index is 508. The van der Waals surface area contributed by atoms with E-state index in [-0.39, 0.29) is 4.90 Å². The Hall–Kier alpha value is 0.0200. The molecule has 1 aromatic heterocycles. The standard InChI is InChI=1S/C11H16Br2N2O2S/c1-3-11(2,4-5-12)15-18(16,17)10-6-9(13)7-14-8-10/h6-8,15H,3-5H2,1-2H3. The van der Waals surface area contributed by atoms with Gasteiger partial charge in [0.1, 0.15) is 4.90 Å². The molecule has 7 heteroatoms. The van der Waals surface area contributed by atoms with Gasteiger partial charge in [-0.25, -0.2) is 13.1 Å². The van der Waals surface area contributed by atoms with E-state index in [1.807, 2.05) is 13.8 Å². The molecule has 1 aromatic rings. The smallest absolute Gasteiger partial charge is 0.242 e. The number of halogens is 2. The van der Waals surface area contributed by atoms with Crippen LogP contribution < -0.4 is 4.72 Å². The highest BCUT2D eigenvalue weighted by Crippen LogP contribution is 2.21. The molecule has 0 saturated carbocycles. The Kier molecular flexibility index (Phi) is 5.76. The highest BCUT2D eigenvalue weighted by Gasteiger charge is 2.28. The monoisotopic (exact) mass is 398 g/mol. The van der Waals surface area contributed by atoms with Crippen LogP contribution in [0.15, 0.2) is 27.8 Å². The fraction of sp³-hybridized carbons (Fsp3) is 0.545. The van der Waals surface area contributed by atoms with Crippen molar-refractivity contribution in [2.45, 2.75) is 37.1 Å². The molecular weight excluding hydrogens is 384 g/mol. The average Bonchev–Trinajstić information content (AvgIpc) is 2.28. The summed E-state index contributed by atoms with van der Waals surface area (Å²) in [7, 11) is -3.54. The molecule has 0 aromatic carbocycles. The molecule has 0 spiro atoms. The number of hydrogen-bond acceptors (Lipinski definition) is 3. The van der Waals surface area contributed by atoms with Gasteiger partial charge in [0.25, 0.3) is 0 Å². The SMILES string of the molecule is CCC(C)(CCBr)NS(=O)(=O)c1cncc(Br)c1. The number of aromatic nitrogens is 1. The van der Waals surface area contributed by atoms with Crippen LogP contribution in [0.4, 0.5) is 0 Å². The molecule has 0 aliphatic rings. The molecule has 1 N–H and O–H groups in total. The number of rotatable bonds is 6. The minimum Gasteiger partial charge on any atom is -0.262 e. The van der Waals surface area contributed by atoms with Crippen molar-refractivity contribution in [2.24, 2.45) is 0 Å². The van der Waals surface area contributed by atoms with Crippen molar-refractivity contribution in [1.29, 1.82) is 0 Å². The Morgan fingerprint density at radius 3 is 2.61 bits per heavy atom. The van der Waals surface area contributed by atoms with Crippen molar-refractivity contribution >= 4 is 41.9 Å². The Labute approximate surface area is 125 Å². The first-order valence-electron chi connectivity index (χ1n) is 5.53. The van der Waals surface area contributed by atoms with Gasteiger partial charge in [0.2, 0.25) is 10.0 Å². The maximum atomic E-state index is 12.2. The highest BCUT2D eigenvalue weighted by atomic mass is 79.9. The molecule has 4 nitrogen and oxygen atoms in total. The first-order valence-corrected chi connectivity index (χ1v) is 8.93. The summed E-state index contributed by atoms with van der Waals surface area (Å²) < 4.78 is 27.9. The number of sulfonamides is 1. The maximum absolute atomic E-state index is 12.2. The molecule has 18 heavy (non-hydrogen) atoms. The van der Waals surface area contributed by atoms with Crippen LogP contribution in [0.2, 0.25) is 0 Å². The maximum Gasteiger partial charge on any atom is 0.242 e. The molecule has 0 aliphatic heterocycles. The van der Waals surface area contributed by atoms with Crippen LogP contribution in [0.1, 0.15) is 26.7 Å². The van der Waals surface area contributed by atoms with Crippen LogP contribution in [-0.4, -0.2) is 24.3 Å². The summed E-state index contributed by atoms with van der Waals surface area (Å²) in [4.78, 5) is 4.05. The lowest BCUT2D eigenvalue weighted by Crippen LogP contribution is -2.45. The predicted molar refractivity (Wildman–Crippen MR) is 79.4 cm³/mol. The fourth-order valence-electron chi connectivity index (χ4n) is 1.43. The van der Waals surface area contributed by atoms with E-state index in [4.69, 9.17) is 0 Å². The molecule has 0 saturated heterocycles. The topological polar surface area (TPSA) is 59.1 Å². The highest BCUT2D eigenvalue weighted by molar-refractivity contribution is 9.10. The Morgan fingerprint density at radius 2 is 2.11 bits per heavy atom. The zero-order valence-electron chi connectivity index (χ0n) is 10.3. The van der Waals surface area contributed by atoms with Crippen LogP contribution in [0.5, 0.6) is 0 Å². The van der Waals surface area contributed by atoms with Crippen molar-refractivity contribution in [3.8, 4) is 0 Å². The molecular formula is C11H16Br2N2O2S. The summed E-state index contributed by atoms with van der Waals surface area (Å²) in [5.74, 6) is 0. The molecule has 1 unspecified atom stereocenters. The summed E-state index contributed by atoms with van der Waals surface area (Å²) in [5.41, 5.74) is -0.454. The minimum atomic E-state index is -3.54. The molecule has 1 rings (SSSR count). The van der Waals surface area contributed by atoms with E-state index in [0.717, 1.165) is 18.2 Å². The van der Waals surface area contributed by atoms with Gasteiger partial charge in [-0.2, -0.15) is 0 Å². The van der Waals surface area contributed by atoms with Gasteiger partial charge in [-0.1, -0.05) is 22.9 Å². The number of hydrogen-bond donors (Lipinski definition) is 1. The first-order chi connectivity index (χ1) is 8.33. The van der Waals surface area contributed by atoms with Crippen LogP contribution in [0, 0.1) is 0 Å². The number of nitrogens with zero attached hydrogens (tertiary/aromatic N) is 1. The van der Waals surface area contributed by atoms with E-state index < -0.39 is 15.6 Å². The zero-order chi connectivity index (χ0) is 13.8. The average molecular weight is 400 g/mol. The van der Waals surface area contributed by atoms with Gasteiger partial charge in [-0.15, -0.1) is 0 Å². The third-order valence-electron chi connectivity index (χ3n) is 2.80. The molecule has 1 atom stereocenters. The zero-order valence-corrected chi connectivity index (χ0v) is 14.3. The minimum absolute atomic E-state index is 0.172. The van der Waals surface area contributed by atoms with E-state index >= 15 is 0 Å². The van der Waals surface area contributed by atoms with Gasteiger partial charge in [0, 0.05) is 27.7 Å². The second-order valence-electron chi connectivity index (χ2n) is 4.30. The van der Waals surface area contributed by atoms with Crippen molar-refractivity contribution in [2.75, 3.05) is 5.33 Å². The third-order valence-corrected chi connectivity index (χ3v) is 5.23. The summed E-state index contributed by atoms with van der Waals surface area (Å²) in [5, 5.41) is 0.747. The van der Waals surface area contributed by atoms with E-state index in [1.54, 1.807) is 12.3 Å². The number of nitrogens with one attached hydrogen (secondary N) is 1. The predicted octanol–water partition coefficient (Wildman–Crippen LogP) is 3.08. The van der Waals surface area contributed by atoms with Gasteiger partial charge in [-0.3, -0.25) is 4.98 Å². The van der Waals surface area contributed by atoms with Crippen LogP contribution in [-0.2, 0) is 10.0 Å². The normalized spacial score (nSPS) is 15.3. The van der Waals surface area contributed by atoms with E-state index in [0.29, 0.717) is 4.47 Å². The summed E-state index contributed by atoms with van der Waals surface area (Å²) in [6, 6.07) is 1.54. The summed E-state index contributed by atoms with van der Waals surface area (Å²) in [6.45, 7) is 3.86. The van der Waals surface area contributed by atoms with Crippen LogP contribution in [0.25, 0.3) is 0 Å². The quantitative estimate of drug-likeness (QED) is 0.747. The van der Waals surface area contributed by atoms with Gasteiger partial charge in [0.15, 0.2) is 0 Å². The summed E-state index contributed by atoms with van der Waals surface area (Å²) >= 11 is 6.57. The Morgan fingerprint density at radius 1 is 1.44 bits per heavy atom. The lowest BCUT2D eigenvalue weighted by molar-refractivity contribution is 0.392. The third kappa shape index (κ3) is 4.29. The van der Waals surface area contributed by atoms with Crippen LogP contribution in [0.3, 0.4) is 0 Å². The van der Waals surface area contributed by atoms with Gasteiger partial charge in [-0.05, 0) is 41.8 Å². The molecule has 0 radical (unpaired) electrons. The molecule has 1 heterocycles. The van der Waals surface area contributed by atoms with Gasteiger partial charge in [0.05, 0.1) is 0 Å². The first kappa shape index (κ1) is 16.1. The molecule has 0 bridgehead atoms. The van der Waals surface area contributed by atoms with E-state index in [1.165, 1.54) is 6.20 Å². The Balaban J connectivity index is 3.01. The summed E-state index contributed by atoms with van der Waals surface area (Å²) in [6.07, 6.45) is 4.34. The van der Waals surface area contributed by atoms with Crippen molar-refractivity contribution in [3.63, 3.8) is 0 Å². The van der Waals surface area contributed by atoms with Crippen molar-refractivity contribution in [3.05, 3.63) is 22.9 Å². The van der Waals surface area contributed by atoms with Gasteiger partial charge >= 0.3 is 0 Å². The number of alkyl halides is 1. The largest absolute Gasteiger partial charge is 0.262 e. The van der Waals surface area contributed by atoms with E-state index in [9.17, 15) is 8.42 Å². The molecule has 102 valence electrons. The van der Waals surface area contributed by atoms with Crippen molar-refractivity contribution < 1.29 is 8.42 Å². The second kappa shape index (κ2) is 6.45. The van der Waals surface area contributed by atoms with Crippen molar-refractivity contribution in [1.82, 2.24) is 9.71 Å². The lowest BCUT2D eigenvalue weighted by Gasteiger charge is -2.28. The molecule has 0 amide bonds. The second-order valence-corrected chi connectivity index (χ2v) is 7.69. The molecule has 0 fully saturated rings. The fourth-order valence-corrected chi connectivity index (χ4v) is 4.32. The molecule has 0 aliphatic carbocycles.